The third-order valence-electron chi connectivity index (χ3n) is 3.46. The van der Waals surface area contributed by atoms with Crippen molar-refractivity contribution in [2.45, 2.75) is 12.5 Å². The molecule has 2 aromatic rings. The number of carbonyl (C=O) groups excluding carboxylic acids is 1. The lowest BCUT2D eigenvalue weighted by Gasteiger charge is -2.19. The Morgan fingerprint density at radius 3 is 3.05 bits per heavy atom. The van der Waals surface area contributed by atoms with Gasteiger partial charge in [0, 0.05) is 30.9 Å². The van der Waals surface area contributed by atoms with E-state index >= 15 is 0 Å². The minimum absolute atomic E-state index is 0.00654. The molecule has 21 heavy (non-hydrogen) atoms. The Labute approximate surface area is 125 Å². The van der Waals surface area contributed by atoms with Crippen LogP contribution in [0.2, 0.25) is 5.02 Å². The Balaban J connectivity index is 1.62. The van der Waals surface area contributed by atoms with Crippen LogP contribution in [-0.4, -0.2) is 30.2 Å². The summed E-state index contributed by atoms with van der Waals surface area (Å²) in [7, 11) is 0. The molecule has 1 aromatic heterocycles. The average Bonchev–Trinajstić information content (AvgIpc) is 3.12. The number of nitrogens with zero attached hydrogens (tertiary/aromatic N) is 2. The number of benzene rings is 1. The van der Waals surface area contributed by atoms with Crippen molar-refractivity contribution in [1.82, 2.24) is 10.5 Å². The summed E-state index contributed by atoms with van der Waals surface area (Å²) in [4.78, 5) is 13.9. The molecule has 1 unspecified atom stereocenters. The van der Waals surface area contributed by atoms with Crippen molar-refractivity contribution in [1.29, 1.82) is 0 Å². The van der Waals surface area contributed by atoms with E-state index in [0.29, 0.717) is 6.54 Å². The maximum Gasteiger partial charge on any atom is 0.273 e. The summed E-state index contributed by atoms with van der Waals surface area (Å²) in [6, 6.07) is 6.22. The van der Waals surface area contributed by atoms with Gasteiger partial charge in [-0.2, -0.15) is 0 Å². The molecular formula is C14H13ClFN3O2. The molecular weight excluding hydrogens is 297 g/mol. The lowest BCUT2D eigenvalue weighted by atomic mass is 10.2. The highest BCUT2D eigenvalue weighted by molar-refractivity contribution is 6.30. The van der Waals surface area contributed by atoms with Gasteiger partial charge in [-0.15, -0.1) is 0 Å². The third kappa shape index (κ3) is 3.00. The summed E-state index contributed by atoms with van der Waals surface area (Å²) in [6.07, 6.45) is 2.14. The third-order valence-corrected chi connectivity index (χ3v) is 3.77. The number of anilines is 1. The summed E-state index contributed by atoms with van der Waals surface area (Å²) in [5, 5.41) is 6.58. The van der Waals surface area contributed by atoms with Gasteiger partial charge in [0.25, 0.3) is 5.91 Å². The Morgan fingerprint density at radius 2 is 2.33 bits per heavy atom. The van der Waals surface area contributed by atoms with Crippen LogP contribution in [0.4, 0.5) is 10.1 Å². The van der Waals surface area contributed by atoms with Crippen molar-refractivity contribution in [2.75, 3.05) is 18.0 Å². The SMILES string of the molecule is O=C(NC1CCN(c2ccc(Cl)c(F)c2)C1)c1ccon1. The first-order valence-corrected chi connectivity index (χ1v) is 6.92. The summed E-state index contributed by atoms with van der Waals surface area (Å²) >= 11 is 5.68. The molecule has 110 valence electrons. The second kappa shape index (κ2) is 5.73. The number of amides is 1. The van der Waals surface area contributed by atoms with Gasteiger partial charge in [-0.3, -0.25) is 4.79 Å². The van der Waals surface area contributed by atoms with E-state index in [1.807, 2.05) is 4.90 Å². The Hall–Kier alpha value is -2.08. The lowest BCUT2D eigenvalue weighted by molar-refractivity contribution is 0.0931. The minimum Gasteiger partial charge on any atom is -0.369 e. The predicted octanol–water partition coefficient (Wildman–Crippen LogP) is 2.48. The molecule has 1 fully saturated rings. The zero-order valence-electron chi connectivity index (χ0n) is 11.1. The Bertz CT molecular complexity index is 648. The van der Waals surface area contributed by atoms with Crippen molar-refractivity contribution in [3.05, 3.63) is 47.1 Å². The molecule has 2 heterocycles. The van der Waals surface area contributed by atoms with E-state index in [1.165, 1.54) is 24.5 Å². The van der Waals surface area contributed by atoms with Crippen LogP contribution in [0.3, 0.4) is 0 Å². The summed E-state index contributed by atoms with van der Waals surface area (Å²) in [6.45, 7) is 1.36. The van der Waals surface area contributed by atoms with Crippen LogP contribution >= 0.6 is 11.6 Å². The normalized spacial score (nSPS) is 18.0. The Morgan fingerprint density at radius 1 is 1.48 bits per heavy atom. The lowest BCUT2D eigenvalue weighted by Crippen LogP contribution is -2.37. The van der Waals surface area contributed by atoms with Crippen LogP contribution in [0.1, 0.15) is 16.9 Å². The summed E-state index contributed by atoms with van der Waals surface area (Å²) in [5.41, 5.74) is 1.01. The minimum atomic E-state index is -0.441. The van der Waals surface area contributed by atoms with E-state index in [1.54, 1.807) is 6.07 Å². The van der Waals surface area contributed by atoms with E-state index < -0.39 is 5.82 Å². The zero-order valence-corrected chi connectivity index (χ0v) is 11.8. The average molecular weight is 310 g/mol. The van der Waals surface area contributed by atoms with Gasteiger partial charge >= 0.3 is 0 Å². The van der Waals surface area contributed by atoms with Gasteiger partial charge in [0.1, 0.15) is 12.1 Å². The molecule has 0 aliphatic carbocycles. The number of hydrogen-bond acceptors (Lipinski definition) is 4. The summed E-state index contributed by atoms with van der Waals surface area (Å²) in [5.74, 6) is -0.706. The molecule has 1 saturated heterocycles. The van der Waals surface area contributed by atoms with Gasteiger partial charge in [-0.05, 0) is 24.6 Å². The van der Waals surface area contributed by atoms with E-state index in [2.05, 4.69) is 15.0 Å². The predicted molar refractivity (Wildman–Crippen MR) is 76.0 cm³/mol. The number of rotatable bonds is 3. The van der Waals surface area contributed by atoms with Crippen molar-refractivity contribution in [3.8, 4) is 0 Å². The van der Waals surface area contributed by atoms with E-state index in [9.17, 15) is 9.18 Å². The first kappa shape index (κ1) is 13.9. The first-order chi connectivity index (χ1) is 10.1. The molecule has 5 nitrogen and oxygen atoms in total. The van der Waals surface area contributed by atoms with Gasteiger partial charge in [0.15, 0.2) is 5.69 Å². The molecule has 1 amide bonds. The molecule has 1 aromatic carbocycles. The molecule has 3 rings (SSSR count). The molecule has 1 aliphatic heterocycles. The van der Waals surface area contributed by atoms with Crippen molar-refractivity contribution in [3.63, 3.8) is 0 Å². The molecule has 0 saturated carbocycles. The molecule has 1 aliphatic rings. The Kier molecular flexibility index (Phi) is 3.79. The van der Waals surface area contributed by atoms with Crippen molar-refractivity contribution >= 4 is 23.2 Å². The van der Waals surface area contributed by atoms with Crippen LogP contribution in [0.25, 0.3) is 0 Å². The smallest absolute Gasteiger partial charge is 0.273 e. The van der Waals surface area contributed by atoms with E-state index in [-0.39, 0.29) is 22.7 Å². The van der Waals surface area contributed by atoms with Gasteiger partial charge in [0.05, 0.1) is 5.02 Å². The number of aromatic nitrogens is 1. The molecule has 0 bridgehead atoms. The van der Waals surface area contributed by atoms with Crippen LogP contribution in [0, 0.1) is 5.82 Å². The van der Waals surface area contributed by atoms with Gasteiger partial charge in [-0.25, -0.2) is 4.39 Å². The van der Waals surface area contributed by atoms with Gasteiger partial charge < -0.3 is 14.7 Å². The van der Waals surface area contributed by atoms with Crippen LogP contribution in [-0.2, 0) is 0 Å². The molecule has 0 spiro atoms. The fraction of sp³-hybridized carbons (Fsp3) is 0.286. The van der Waals surface area contributed by atoms with E-state index in [0.717, 1.165) is 18.7 Å². The van der Waals surface area contributed by atoms with Crippen LogP contribution in [0.15, 0.2) is 35.1 Å². The van der Waals surface area contributed by atoms with Gasteiger partial charge in [0.2, 0.25) is 0 Å². The van der Waals surface area contributed by atoms with Crippen molar-refractivity contribution < 1.29 is 13.7 Å². The highest BCUT2D eigenvalue weighted by Gasteiger charge is 2.25. The zero-order chi connectivity index (χ0) is 14.8. The highest BCUT2D eigenvalue weighted by Crippen LogP contribution is 2.25. The first-order valence-electron chi connectivity index (χ1n) is 6.55. The molecule has 0 radical (unpaired) electrons. The molecule has 1 N–H and O–H groups in total. The number of hydrogen-bond donors (Lipinski definition) is 1. The maximum atomic E-state index is 13.5. The van der Waals surface area contributed by atoms with Crippen LogP contribution in [0.5, 0.6) is 0 Å². The number of halogens is 2. The van der Waals surface area contributed by atoms with Gasteiger partial charge in [-0.1, -0.05) is 16.8 Å². The fourth-order valence-electron chi connectivity index (χ4n) is 2.38. The number of nitrogens with one attached hydrogen (secondary N) is 1. The highest BCUT2D eigenvalue weighted by atomic mass is 35.5. The second-order valence-corrected chi connectivity index (χ2v) is 5.30. The maximum absolute atomic E-state index is 13.5. The van der Waals surface area contributed by atoms with Crippen molar-refractivity contribution in [2.24, 2.45) is 0 Å². The molecule has 1 atom stereocenters. The summed E-state index contributed by atoms with van der Waals surface area (Å²) < 4.78 is 18.1. The topological polar surface area (TPSA) is 58.4 Å². The molecule has 7 heteroatoms. The standard InChI is InChI=1S/C14H13ClFN3O2/c15-11-2-1-10(7-12(11)16)19-5-3-9(8-19)17-14(20)13-4-6-21-18-13/h1-2,4,6-7,9H,3,5,8H2,(H,17,20). The van der Waals surface area contributed by atoms with Crippen LogP contribution < -0.4 is 10.2 Å². The monoisotopic (exact) mass is 309 g/mol. The van der Waals surface area contributed by atoms with E-state index in [4.69, 9.17) is 11.6 Å². The second-order valence-electron chi connectivity index (χ2n) is 4.89. The largest absolute Gasteiger partial charge is 0.369 e. The quantitative estimate of drug-likeness (QED) is 0.946. The number of carbonyl (C=O) groups is 1. The fourth-order valence-corrected chi connectivity index (χ4v) is 2.50.